The lowest BCUT2D eigenvalue weighted by Gasteiger charge is -2.08. The molecule has 0 aliphatic carbocycles. The van der Waals surface area contributed by atoms with E-state index < -0.39 is 0 Å². The Morgan fingerprint density at radius 2 is 2.17 bits per heavy atom. The molecular weight excluding hydrogens is 340 g/mol. The van der Waals surface area contributed by atoms with Crippen LogP contribution in [-0.2, 0) is 6.54 Å². The van der Waals surface area contributed by atoms with E-state index in [1.165, 1.54) is 5.56 Å². The van der Waals surface area contributed by atoms with Gasteiger partial charge >= 0.3 is 0 Å². The van der Waals surface area contributed by atoms with Crippen molar-refractivity contribution in [2.45, 2.75) is 6.54 Å². The Bertz CT molecular complexity index is 912. The van der Waals surface area contributed by atoms with Crippen LogP contribution in [0.3, 0.4) is 0 Å². The summed E-state index contributed by atoms with van der Waals surface area (Å²) in [7, 11) is 0. The molecule has 0 atom stereocenters. The van der Waals surface area contributed by atoms with Crippen LogP contribution in [0, 0.1) is 0 Å². The number of rotatable bonds is 7. The van der Waals surface area contributed by atoms with Gasteiger partial charge in [0.05, 0.1) is 5.39 Å². The number of thiophene rings is 2. The second kappa shape index (κ2) is 7.17. The smallest absolute Gasteiger partial charge is 0.175 e. The van der Waals surface area contributed by atoms with Gasteiger partial charge in [0, 0.05) is 18.7 Å². The predicted molar refractivity (Wildman–Crippen MR) is 98.8 cm³/mol. The van der Waals surface area contributed by atoms with Crippen molar-refractivity contribution in [1.29, 1.82) is 0 Å². The lowest BCUT2D eigenvalue weighted by atomic mass is 10.1. The monoisotopic (exact) mass is 356 g/mol. The molecule has 3 aromatic heterocycles. The van der Waals surface area contributed by atoms with Crippen LogP contribution in [0.2, 0.25) is 0 Å². The van der Waals surface area contributed by atoms with E-state index in [2.05, 4.69) is 27.3 Å². The lowest BCUT2D eigenvalue weighted by Crippen LogP contribution is -2.20. The number of hydrogen-bond acceptors (Lipinski definition) is 6. The van der Waals surface area contributed by atoms with Crippen LogP contribution < -0.4 is 10.1 Å². The van der Waals surface area contributed by atoms with E-state index in [1.807, 2.05) is 35.7 Å². The van der Waals surface area contributed by atoms with Crippen molar-refractivity contribution in [2.24, 2.45) is 0 Å². The molecule has 4 nitrogen and oxygen atoms in total. The van der Waals surface area contributed by atoms with Crippen LogP contribution >= 0.6 is 22.7 Å². The fourth-order valence-corrected chi connectivity index (χ4v) is 3.85. The number of hydrogen-bond donors (Lipinski definition) is 1. The minimum atomic E-state index is 0.623. The van der Waals surface area contributed by atoms with Gasteiger partial charge in [-0.15, -0.1) is 11.3 Å². The molecule has 4 aromatic rings. The molecule has 6 heteroatoms. The zero-order valence-electron chi connectivity index (χ0n) is 12.9. The van der Waals surface area contributed by atoms with Crippen molar-refractivity contribution in [3.63, 3.8) is 0 Å². The maximum absolute atomic E-state index is 5.84. The fourth-order valence-electron chi connectivity index (χ4n) is 2.48. The molecule has 24 heavy (non-hydrogen) atoms. The average molecular weight is 356 g/mol. The van der Waals surface area contributed by atoms with Gasteiger partial charge in [-0.2, -0.15) is 11.3 Å². The molecule has 122 valence electrons. The summed E-state index contributed by atoms with van der Waals surface area (Å²) in [5, 5.41) is 14.8. The van der Waals surface area contributed by atoms with Crippen molar-refractivity contribution in [2.75, 3.05) is 13.2 Å². The molecular formula is C18H16N2O2S2. The molecule has 4 rings (SSSR count). The molecule has 0 bridgehead atoms. The number of aromatic nitrogens is 1. The Morgan fingerprint density at radius 3 is 3.08 bits per heavy atom. The molecule has 3 heterocycles. The first-order chi connectivity index (χ1) is 11.9. The summed E-state index contributed by atoms with van der Waals surface area (Å²) in [6.07, 6.45) is 0. The minimum Gasteiger partial charge on any atom is -0.492 e. The molecule has 0 spiro atoms. The van der Waals surface area contributed by atoms with Gasteiger partial charge in [-0.05, 0) is 46.0 Å². The SMILES string of the molecule is c1cc(OCCNCc2ccsc2)cc(-c2onc3sccc23)c1. The number of ether oxygens (including phenoxy) is 1. The third-order valence-corrected chi connectivity index (χ3v) is 5.18. The Labute approximate surface area is 147 Å². The first-order valence-corrected chi connectivity index (χ1v) is 9.50. The van der Waals surface area contributed by atoms with Gasteiger partial charge in [-0.25, -0.2) is 0 Å². The highest BCUT2D eigenvalue weighted by molar-refractivity contribution is 7.16. The molecule has 0 aliphatic heterocycles. The molecule has 0 amide bonds. The van der Waals surface area contributed by atoms with Crippen LogP contribution in [0.15, 0.2) is 57.1 Å². The van der Waals surface area contributed by atoms with Crippen LogP contribution in [0.25, 0.3) is 21.5 Å². The third kappa shape index (κ3) is 3.36. The Hall–Kier alpha value is -2.15. The van der Waals surface area contributed by atoms with E-state index in [-0.39, 0.29) is 0 Å². The Balaban J connectivity index is 1.35. The van der Waals surface area contributed by atoms with Gasteiger partial charge in [0.2, 0.25) is 0 Å². The normalized spacial score (nSPS) is 11.2. The Kier molecular flexibility index (Phi) is 4.60. The average Bonchev–Trinajstić information content (AvgIpc) is 3.33. The van der Waals surface area contributed by atoms with E-state index in [0.29, 0.717) is 6.61 Å². The fraction of sp³-hybridized carbons (Fsp3) is 0.167. The summed E-state index contributed by atoms with van der Waals surface area (Å²) in [6, 6.07) is 12.1. The highest BCUT2D eigenvalue weighted by Gasteiger charge is 2.12. The van der Waals surface area contributed by atoms with E-state index in [1.54, 1.807) is 22.7 Å². The maximum atomic E-state index is 5.84. The largest absolute Gasteiger partial charge is 0.492 e. The summed E-state index contributed by atoms with van der Waals surface area (Å²) in [6.45, 7) is 2.30. The zero-order valence-corrected chi connectivity index (χ0v) is 14.5. The van der Waals surface area contributed by atoms with Gasteiger partial charge in [0.1, 0.15) is 12.4 Å². The predicted octanol–water partition coefficient (Wildman–Crippen LogP) is 4.79. The zero-order chi connectivity index (χ0) is 16.2. The summed E-state index contributed by atoms with van der Waals surface area (Å²) in [5.74, 6) is 1.64. The second-order valence-electron chi connectivity index (χ2n) is 5.34. The maximum Gasteiger partial charge on any atom is 0.175 e. The van der Waals surface area contributed by atoms with Crippen LogP contribution in [0.1, 0.15) is 5.56 Å². The summed E-state index contributed by atoms with van der Waals surface area (Å²) < 4.78 is 11.3. The second-order valence-corrected chi connectivity index (χ2v) is 7.01. The summed E-state index contributed by atoms with van der Waals surface area (Å²) >= 11 is 3.30. The van der Waals surface area contributed by atoms with Crippen molar-refractivity contribution < 1.29 is 9.26 Å². The summed E-state index contributed by atoms with van der Waals surface area (Å²) in [5.41, 5.74) is 2.30. The van der Waals surface area contributed by atoms with Crippen molar-refractivity contribution in [3.05, 3.63) is 58.1 Å². The van der Waals surface area contributed by atoms with Crippen LogP contribution in [-0.4, -0.2) is 18.3 Å². The van der Waals surface area contributed by atoms with Crippen molar-refractivity contribution in [3.8, 4) is 17.1 Å². The van der Waals surface area contributed by atoms with Gasteiger partial charge in [-0.1, -0.05) is 17.3 Å². The standard InChI is InChI=1S/C18H16N2O2S2/c1-2-14(17-16-5-9-24-18(16)20-22-17)10-15(3-1)21-7-6-19-11-13-4-8-23-12-13/h1-5,8-10,12,19H,6-7,11H2. The van der Waals surface area contributed by atoms with E-state index >= 15 is 0 Å². The van der Waals surface area contributed by atoms with Crippen LogP contribution in [0.4, 0.5) is 0 Å². The van der Waals surface area contributed by atoms with Gasteiger partial charge in [0.25, 0.3) is 0 Å². The molecule has 1 aromatic carbocycles. The number of fused-ring (bicyclic) bond motifs is 1. The quantitative estimate of drug-likeness (QED) is 0.484. The molecule has 0 saturated carbocycles. The molecule has 0 radical (unpaired) electrons. The number of nitrogens with one attached hydrogen (secondary N) is 1. The molecule has 0 saturated heterocycles. The molecule has 0 fully saturated rings. The molecule has 0 unspecified atom stereocenters. The van der Waals surface area contributed by atoms with Gasteiger partial charge in [-0.3, -0.25) is 0 Å². The van der Waals surface area contributed by atoms with Crippen molar-refractivity contribution in [1.82, 2.24) is 10.5 Å². The highest BCUT2D eigenvalue weighted by Crippen LogP contribution is 2.32. The first kappa shape index (κ1) is 15.4. The Morgan fingerprint density at radius 1 is 1.17 bits per heavy atom. The van der Waals surface area contributed by atoms with E-state index in [0.717, 1.165) is 40.4 Å². The van der Waals surface area contributed by atoms with Crippen molar-refractivity contribution >= 4 is 32.9 Å². The summed E-state index contributed by atoms with van der Waals surface area (Å²) in [4.78, 5) is 0.925. The lowest BCUT2D eigenvalue weighted by molar-refractivity contribution is 0.313. The van der Waals surface area contributed by atoms with Gasteiger partial charge < -0.3 is 14.6 Å². The number of nitrogens with zero attached hydrogens (tertiary/aromatic N) is 1. The van der Waals surface area contributed by atoms with E-state index in [9.17, 15) is 0 Å². The van der Waals surface area contributed by atoms with E-state index in [4.69, 9.17) is 9.26 Å². The molecule has 0 aliphatic rings. The van der Waals surface area contributed by atoms with Gasteiger partial charge in [0.15, 0.2) is 10.6 Å². The van der Waals surface area contributed by atoms with Crippen LogP contribution in [0.5, 0.6) is 5.75 Å². The first-order valence-electron chi connectivity index (χ1n) is 7.68. The third-order valence-electron chi connectivity index (χ3n) is 3.66. The minimum absolute atomic E-state index is 0.623. The topological polar surface area (TPSA) is 47.3 Å². The number of benzene rings is 1. The highest BCUT2D eigenvalue weighted by atomic mass is 32.1. The molecule has 1 N–H and O–H groups in total.